The first-order valence-electron chi connectivity index (χ1n) is 9.15. The van der Waals surface area contributed by atoms with Crippen LogP contribution in [0.2, 0.25) is 0 Å². The Bertz CT molecular complexity index is 1080. The van der Waals surface area contributed by atoms with Crippen LogP contribution in [0.3, 0.4) is 0 Å². The van der Waals surface area contributed by atoms with Crippen molar-refractivity contribution in [1.82, 2.24) is 0 Å². The molecule has 0 aliphatic carbocycles. The summed E-state index contributed by atoms with van der Waals surface area (Å²) in [5.74, 6) is 0. The lowest BCUT2D eigenvalue weighted by Gasteiger charge is -2.13. The minimum atomic E-state index is 0.325. The number of rotatable bonds is 3. The Labute approximate surface area is 164 Å². The highest BCUT2D eigenvalue weighted by atomic mass is 16.5. The molecule has 28 heavy (non-hydrogen) atoms. The Morgan fingerprint density at radius 1 is 0.464 bits per heavy atom. The van der Waals surface area contributed by atoms with E-state index in [9.17, 15) is 10.4 Å². The van der Waals surface area contributed by atoms with Gasteiger partial charge in [0.05, 0.1) is 11.1 Å². The summed E-state index contributed by atoms with van der Waals surface area (Å²) in [6, 6.07) is 26.0. The van der Waals surface area contributed by atoms with Crippen LogP contribution >= 0.6 is 0 Å². The van der Waals surface area contributed by atoms with E-state index in [0.717, 1.165) is 31.7 Å². The second kappa shape index (κ2) is 7.16. The van der Waals surface area contributed by atoms with Gasteiger partial charge in [-0.2, -0.15) is 9.46 Å². The molecule has 4 nitrogen and oxygen atoms in total. The number of aromatic nitrogens is 2. The quantitative estimate of drug-likeness (QED) is 0.393. The van der Waals surface area contributed by atoms with Crippen LogP contribution in [-0.2, 0) is 0 Å². The molecule has 0 spiro atoms. The predicted molar refractivity (Wildman–Crippen MR) is 110 cm³/mol. The first-order chi connectivity index (χ1) is 13.6. The average Bonchev–Trinajstić information content (AvgIpc) is 2.70. The Balaban J connectivity index is 1.90. The molecule has 0 aliphatic rings. The molecule has 0 saturated carbocycles. The summed E-state index contributed by atoms with van der Waals surface area (Å²) in [6.07, 6.45) is 0. The number of benzene rings is 2. The number of pyridine rings is 2. The fourth-order valence-corrected chi connectivity index (χ4v) is 3.49. The summed E-state index contributed by atoms with van der Waals surface area (Å²) < 4.78 is 1.68. The van der Waals surface area contributed by atoms with Gasteiger partial charge in [-0.25, -0.2) is 0 Å². The summed E-state index contributed by atoms with van der Waals surface area (Å²) >= 11 is 0. The number of nitrogens with zero attached hydrogens (tertiary/aromatic N) is 2. The molecule has 0 unspecified atom stereocenters. The second-order valence-electron chi connectivity index (χ2n) is 6.81. The summed E-state index contributed by atoms with van der Waals surface area (Å²) in [4.78, 5) is 0. The van der Waals surface area contributed by atoms with E-state index in [1.165, 1.54) is 0 Å². The van der Waals surface area contributed by atoms with Gasteiger partial charge in [0.15, 0.2) is 0 Å². The monoisotopic (exact) mass is 368 g/mol. The van der Waals surface area contributed by atoms with Crippen molar-refractivity contribution in [1.29, 1.82) is 0 Å². The van der Waals surface area contributed by atoms with Crippen molar-refractivity contribution >= 4 is 0 Å². The minimum Gasteiger partial charge on any atom is -0.618 e. The van der Waals surface area contributed by atoms with Crippen LogP contribution in [0.4, 0.5) is 0 Å². The molecular formula is C24H20N2O2. The van der Waals surface area contributed by atoms with E-state index in [4.69, 9.17) is 0 Å². The predicted octanol–water partition coefficient (Wildman–Crippen LogP) is 4.57. The molecule has 138 valence electrons. The van der Waals surface area contributed by atoms with Gasteiger partial charge in [-0.15, -0.1) is 0 Å². The first-order valence-corrected chi connectivity index (χ1v) is 9.15. The normalized spacial score (nSPS) is 10.8. The molecule has 2 aromatic carbocycles. The minimum absolute atomic E-state index is 0.325. The van der Waals surface area contributed by atoms with Crippen molar-refractivity contribution in [3.8, 4) is 33.9 Å². The van der Waals surface area contributed by atoms with Crippen LogP contribution in [0.5, 0.6) is 0 Å². The van der Waals surface area contributed by atoms with Gasteiger partial charge in [-0.1, -0.05) is 36.4 Å². The van der Waals surface area contributed by atoms with Crippen LogP contribution in [0.25, 0.3) is 33.9 Å². The molecule has 0 aliphatic heterocycles. The number of hydrogen-bond donors (Lipinski definition) is 0. The highest BCUT2D eigenvalue weighted by Crippen LogP contribution is 2.24. The van der Waals surface area contributed by atoms with Crippen LogP contribution in [-0.4, -0.2) is 0 Å². The second-order valence-corrected chi connectivity index (χ2v) is 6.81. The lowest BCUT2D eigenvalue weighted by Crippen LogP contribution is -2.39. The SMILES string of the molecule is Cc1ccccc1-c1cccc(-c2cccc(-c3ccccc3C)[n+]2[O-])[n+]1[O-]. The van der Waals surface area contributed by atoms with Crippen molar-refractivity contribution in [2.75, 3.05) is 0 Å². The third kappa shape index (κ3) is 2.99. The largest absolute Gasteiger partial charge is 0.618 e. The molecule has 2 heterocycles. The van der Waals surface area contributed by atoms with Crippen molar-refractivity contribution in [2.45, 2.75) is 13.8 Å². The maximum Gasteiger partial charge on any atom is 0.290 e. The van der Waals surface area contributed by atoms with Gasteiger partial charge >= 0.3 is 0 Å². The highest BCUT2D eigenvalue weighted by Gasteiger charge is 2.24. The molecule has 0 radical (unpaired) electrons. The smallest absolute Gasteiger partial charge is 0.290 e. The molecular weight excluding hydrogens is 348 g/mol. The molecule has 4 heteroatoms. The van der Waals surface area contributed by atoms with E-state index in [-0.39, 0.29) is 0 Å². The van der Waals surface area contributed by atoms with Crippen molar-refractivity contribution in [3.05, 3.63) is 106 Å². The lowest BCUT2D eigenvalue weighted by molar-refractivity contribution is -0.614. The summed E-state index contributed by atoms with van der Waals surface area (Å²) in [6.45, 7) is 3.93. The third-order valence-electron chi connectivity index (χ3n) is 5.00. The lowest BCUT2D eigenvalue weighted by atomic mass is 10.0. The van der Waals surface area contributed by atoms with Crippen molar-refractivity contribution in [3.63, 3.8) is 0 Å². The maximum absolute atomic E-state index is 13.2. The molecule has 0 bridgehead atoms. The zero-order valence-electron chi connectivity index (χ0n) is 15.8. The Morgan fingerprint density at radius 2 is 0.821 bits per heavy atom. The Kier molecular flexibility index (Phi) is 4.53. The van der Waals surface area contributed by atoms with E-state index in [0.29, 0.717) is 22.8 Å². The van der Waals surface area contributed by atoms with Gasteiger partial charge in [0.1, 0.15) is 0 Å². The fraction of sp³-hybridized carbons (Fsp3) is 0.0833. The van der Waals surface area contributed by atoms with Crippen LogP contribution in [0.1, 0.15) is 11.1 Å². The van der Waals surface area contributed by atoms with Crippen molar-refractivity contribution in [2.24, 2.45) is 0 Å². The molecule has 0 fully saturated rings. The van der Waals surface area contributed by atoms with Gasteiger partial charge in [0, 0.05) is 24.3 Å². The topological polar surface area (TPSA) is 53.9 Å². The van der Waals surface area contributed by atoms with E-state index >= 15 is 0 Å². The zero-order valence-corrected chi connectivity index (χ0v) is 15.8. The van der Waals surface area contributed by atoms with E-state index in [1.54, 1.807) is 24.3 Å². The van der Waals surface area contributed by atoms with E-state index < -0.39 is 0 Å². The molecule has 0 atom stereocenters. The maximum atomic E-state index is 13.2. The molecule has 2 aromatic heterocycles. The Morgan fingerprint density at radius 3 is 1.21 bits per heavy atom. The number of hydrogen-bond acceptors (Lipinski definition) is 2. The molecule has 4 aromatic rings. The van der Waals surface area contributed by atoms with E-state index in [2.05, 4.69) is 0 Å². The van der Waals surface area contributed by atoms with Crippen LogP contribution in [0, 0.1) is 24.3 Å². The molecule has 0 saturated heterocycles. The standard InChI is InChI=1S/C24H20N2O2/c1-17-9-3-5-11-19(17)21-13-7-15-23(25(21)27)24-16-8-14-22(26(24)28)20-12-6-4-10-18(20)2/h3-16H,1-2H3. The van der Waals surface area contributed by atoms with Gasteiger partial charge in [-0.05, 0) is 49.2 Å². The van der Waals surface area contributed by atoms with Crippen LogP contribution < -0.4 is 9.46 Å². The molecule has 4 rings (SSSR count). The van der Waals surface area contributed by atoms with Crippen LogP contribution in [0.15, 0.2) is 84.9 Å². The van der Waals surface area contributed by atoms with E-state index in [1.807, 2.05) is 74.5 Å². The molecule has 0 amide bonds. The van der Waals surface area contributed by atoms with Gasteiger partial charge < -0.3 is 10.4 Å². The zero-order chi connectivity index (χ0) is 19.7. The summed E-state index contributed by atoms with van der Waals surface area (Å²) in [5, 5.41) is 26.3. The molecule has 0 N–H and O–H groups in total. The summed E-state index contributed by atoms with van der Waals surface area (Å²) in [7, 11) is 0. The van der Waals surface area contributed by atoms with Gasteiger partial charge in [-0.3, -0.25) is 0 Å². The number of aryl methyl sites for hydroxylation is 2. The van der Waals surface area contributed by atoms with Gasteiger partial charge in [0.25, 0.3) is 11.4 Å². The fourth-order valence-electron chi connectivity index (χ4n) is 3.49. The van der Waals surface area contributed by atoms with Crippen molar-refractivity contribution < 1.29 is 9.46 Å². The highest BCUT2D eigenvalue weighted by molar-refractivity contribution is 5.64. The Hall–Kier alpha value is -3.66. The third-order valence-corrected chi connectivity index (χ3v) is 5.00. The first kappa shape index (κ1) is 17.7. The average molecular weight is 368 g/mol. The summed E-state index contributed by atoms with van der Waals surface area (Å²) in [5.41, 5.74) is 5.42. The van der Waals surface area contributed by atoms with Gasteiger partial charge in [0.2, 0.25) is 11.4 Å².